The summed E-state index contributed by atoms with van der Waals surface area (Å²) in [6.45, 7) is 0.330. The third-order valence-electron chi connectivity index (χ3n) is 4.38. The van der Waals surface area contributed by atoms with Crippen LogP contribution in [0.4, 0.5) is 10.2 Å². The topological polar surface area (TPSA) is 74.0 Å². The fraction of sp³-hybridized carbons (Fsp3) is 0.0952. The van der Waals surface area contributed by atoms with Gasteiger partial charge in [0.05, 0.1) is 6.54 Å². The van der Waals surface area contributed by atoms with Gasteiger partial charge in [-0.05, 0) is 42.5 Å². The van der Waals surface area contributed by atoms with Gasteiger partial charge in [0.15, 0.2) is 18.2 Å². The van der Waals surface area contributed by atoms with Gasteiger partial charge in [-0.15, -0.1) is 0 Å². The van der Waals surface area contributed by atoms with E-state index in [1.165, 1.54) is 39.7 Å². The highest BCUT2D eigenvalue weighted by atomic mass is 35.5. The molecule has 0 aliphatic rings. The summed E-state index contributed by atoms with van der Waals surface area (Å²) in [5.41, 5.74) is 0.834. The van der Waals surface area contributed by atoms with Crippen LogP contribution in [0, 0.1) is 5.82 Å². The van der Waals surface area contributed by atoms with E-state index >= 15 is 0 Å². The Morgan fingerprint density at radius 2 is 1.69 bits per heavy atom. The molecular weight excluding hydrogens is 480 g/mol. The zero-order valence-corrected chi connectivity index (χ0v) is 18.6. The fourth-order valence-electron chi connectivity index (χ4n) is 2.81. The Balaban J connectivity index is 1.39. The van der Waals surface area contributed by atoms with Crippen LogP contribution < -0.4 is 10.1 Å². The second-order valence-corrected chi connectivity index (χ2v) is 7.87. The van der Waals surface area contributed by atoms with Gasteiger partial charge >= 0.3 is 0 Å². The summed E-state index contributed by atoms with van der Waals surface area (Å²) in [6.07, 6.45) is 3.14. The lowest BCUT2D eigenvalue weighted by atomic mass is 10.2. The molecule has 4 aromatic rings. The Morgan fingerprint density at radius 3 is 2.41 bits per heavy atom. The number of ether oxygens (including phenoxy) is 1. The van der Waals surface area contributed by atoms with Crippen molar-refractivity contribution in [3.8, 4) is 5.75 Å². The molecule has 4 rings (SSSR count). The lowest BCUT2D eigenvalue weighted by Crippen LogP contribution is -2.15. The second-order valence-electron chi connectivity index (χ2n) is 6.65. The number of benzene rings is 2. The maximum absolute atomic E-state index is 13.0. The highest BCUT2D eigenvalue weighted by molar-refractivity contribution is 6.36. The summed E-state index contributed by atoms with van der Waals surface area (Å²) in [5.74, 6) is -0.194. The van der Waals surface area contributed by atoms with Crippen LogP contribution in [0.2, 0.25) is 15.1 Å². The third kappa shape index (κ3) is 5.21. The molecule has 0 aliphatic carbocycles. The van der Waals surface area contributed by atoms with E-state index in [2.05, 4.69) is 15.5 Å². The van der Waals surface area contributed by atoms with Gasteiger partial charge in [-0.3, -0.25) is 9.48 Å². The zero-order valence-electron chi connectivity index (χ0n) is 16.3. The van der Waals surface area contributed by atoms with E-state index in [9.17, 15) is 9.18 Å². The highest BCUT2D eigenvalue weighted by Crippen LogP contribution is 2.27. The molecule has 2 heterocycles. The molecule has 0 aliphatic heterocycles. The van der Waals surface area contributed by atoms with Crippen LogP contribution in [0.1, 0.15) is 16.1 Å². The van der Waals surface area contributed by atoms with Crippen LogP contribution in [0.5, 0.6) is 5.75 Å². The molecule has 0 saturated heterocycles. The predicted octanol–water partition coefficient (Wildman–Crippen LogP) is 5.52. The summed E-state index contributed by atoms with van der Waals surface area (Å²) >= 11 is 18.6. The number of amides is 1. The second kappa shape index (κ2) is 9.60. The van der Waals surface area contributed by atoms with Crippen molar-refractivity contribution in [1.29, 1.82) is 0 Å². The summed E-state index contributed by atoms with van der Waals surface area (Å²) in [6, 6.07) is 12.3. The summed E-state index contributed by atoms with van der Waals surface area (Å²) in [7, 11) is 0. The molecular formula is C21H15Cl3FN5O2. The van der Waals surface area contributed by atoms with E-state index in [-0.39, 0.29) is 35.6 Å². The first-order valence-electron chi connectivity index (χ1n) is 9.28. The van der Waals surface area contributed by atoms with Crippen molar-refractivity contribution in [1.82, 2.24) is 19.6 Å². The standard InChI is InChI=1S/C21H15Cl3FN5O2/c22-16-2-1-3-17(23)15(16)10-30-11-18(24)20(28-30)26-21(31)19-8-9-29(27-19)12-32-14-6-4-13(25)5-7-14/h1-9,11H,10,12H2,(H,26,28,31). The van der Waals surface area contributed by atoms with Crippen molar-refractivity contribution >= 4 is 46.5 Å². The van der Waals surface area contributed by atoms with Gasteiger partial charge < -0.3 is 10.1 Å². The number of carbonyl (C=O) groups is 1. The number of halogens is 4. The molecule has 2 aromatic heterocycles. The molecule has 7 nitrogen and oxygen atoms in total. The maximum Gasteiger partial charge on any atom is 0.277 e. The molecule has 32 heavy (non-hydrogen) atoms. The van der Waals surface area contributed by atoms with Crippen LogP contribution in [0.15, 0.2) is 60.9 Å². The number of aromatic nitrogens is 4. The molecule has 0 radical (unpaired) electrons. The van der Waals surface area contributed by atoms with Crippen LogP contribution in [0.25, 0.3) is 0 Å². The Hall–Kier alpha value is -3.07. The predicted molar refractivity (Wildman–Crippen MR) is 120 cm³/mol. The molecule has 1 N–H and O–H groups in total. The SMILES string of the molecule is O=C(Nc1nn(Cc2c(Cl)cccc2Cl)cc1Cl)c1ccn(COc2ccc(F)cc2)n1. The van der Waals surface area contributed by atoms with E-state index < -0.39 is 5.91 Å². The maximum atomic E-state index is 13.0. The van der Waals surface area contributed by atoms with E-state index in [1.54, 1.807) is 30.6 Å². The van der Waals surface area contributed by atoms with Gasteiger partial charge in [0.1, 0.15) is 16.6 Å². The quantitative estimate of drug-likeness (QED) is 0.367. The lowest BCUT2D eigenvalue weighted by Gasteiger charge is -2.07. The summed E-state index contributed by atoms with van der Waals surface area (Å²) in [4.78, 5) is 12.5. The first-order chi connectivity index (χ1) is 15.4. The highest BCUT2D eigenvalue weighted by Gasteiger charge is 2.16. The van der Waals surface area contributed by atoms with E-state index in [1.807, 2.05) is 0 Å². The number of nitrogens with zero attached hydrogens (tertiary/aromatic N) is 4. The molecule has 0 bridgehead atoms. The van der Waals surface area contributed by atoms with Crippen molar-refractivity contribution in [2.75, 3.05) is 5.32 Å². The molecule has 0 saturated carbocycles. The van der Waals surface area contributed by atoms with Gasteiger partial charge in [0.25, 0.3) is 5.91 Å². The molecule has 1 amide bonds. The normalized spacial score (nSPS) is 10.9. The van der Waals surface area contributed by atoms with Crippen LogP contribution in [0.3, 0.4) is 0 Å². The molecule has 0 atom stereocenters. The van der Waals surface area contributed by atoms with E-state index in [4.69, 9.17) is 39.5 Å². The van der Waals surface area contributed by atoms with Crippen molar-refractivity contribution < 1.29 is 13.9 Å². The third-order valence-corrected chi connectivity index (χ3v) is 5.37. The largest absolute Gasteiger partial charge is 0.471 e. The number of rotatable bonds is 7. The van der Waals surface area contributed by atoms with Crippen molar-refractivity contribution in [2.45, 2.75) is 13.3 Å². The Labute approximate surface area is 197 Å². The fourth-order valence-corrected chi connectivity index (χ4v) is 3.52. The van der Waals surface area contributed by atoms with E-state index in [0.717, 1.165) is 0 Å². The average Bonchev–Trinajstić information content (AvgIpc) is 3.37. The first-order valence-corrected chi connectivity index (χ1v) is 10.4. The van der Waals surface area contributed by atoms with Crippen molar-refractivity contribution in [3.63, 3.8) is 0 Å². The van der Waals surface area contributed by atoms with Gasteiger partial charge in [-0.1, -0.05) is 40.9 Å². The molecule has 11 heteroatoms. The lowest BCUT2D eigenvalue weighted by molar-refractivity contribution is 0.101. The Morgan fingerprint density at radius 1 is 0.969 bits per heavy atom. The van der Waals surface area contributed by atoms with E-state index in [0.29, 0.717) is 21.4 Å². The van der Waals surface area contributed by atoms with Crippen molar-refractivity contribution in [3.05, 3.63) is 93.1 Å². The Bertz CT molecular complexity index is 1240. The van der Waals surface area contributed by atoms with Gasteiger partial charge in [0, 0.05) is 28.0 Å². The average molecular weight is 495 g/mol. The minimum atomic E-state index is -0.492. The number of nitrogens with one attached hydrogen (secondary N) is 1. The van der Waals surface area contributed by atoms with Gasteiger partial charge in [-0.2, -0.15) is 10.2 Å². The van der Waals surface area contributed by atoms with Gasteiger partial charge in [0.2, 0.25) is 0 Å². The smallest absolute Gasteiger partial charge is 0.277 e. The molecule has 164 valence electrons. The zero-order chi connectivity index (χ0) is 22.7. The molecule has 0 fully saturated rings. The molecule has 0 spiro atoms. The molecule has 2 aromatic carbocycles. The van der Waals surface area contributed by atoms with Crippen LogP contribution >= 0.6 is 34.8 Å². The summed E-state index contributed by atoms with van der Waals surface area (Å²) < 4.78 is 21.4. The minimum Gasteiger partial charge on any atom is -0.471 e. The summed E-state index contributed by atoms with van der Waals surface area (Å²) in [5, 5.41) is 12.3. The van der Waals surface area contributed by atoms with Gasteiger partial charge in [-0.25, -0.2) is 9.07 Å². The number of carbonyl (C=O) groups excluding carboxylic acids is 1. The molecule has 0 unspecified atom stereocenters. The number of hydrogen-bond acceptors (Lipinski definition) is 4. The van der Waals surface area contributed by atoms with Crippen LogP contribution in [-0.4, -0.2) is 25.5 Å². The monoisotopic (exact) mass is 493 g/mol. The Kier molecular flexibility index (Phi) is 6.64. The minimum absolute atomic E-state index is 0.0485. The first kappa shape index (κ1) is 22.1. The van der Waals surface area contributed by atoms with Crippen LogP contribution in [-0.2, 0) is 13.3 Å². The number of anilines is 1. The van der Waals surface area contributed by atoms with Crippen molar-refractivity contribution in [2.24, 2.45) is 0 Å². The number of hydrogen-bond donors (Lipinski definition) is 1.